The molecule has 1 saturated carbocycles. The second-order valence-electron chi connectivity index (χ2n) is 22.3. The number of nitrogens with zero attached hydrogens (tertiary/aromatic N) is 8. The molecule has 370 valence electrons. The Morgan fingerprint density at radius 2 is 1.63 bits per heavy atom. The molecule has 15 nitrogen and oxygen atoms in total. The lowest BCUT2D eigenvalue weighted by atomic mass is 9.70. The van der Waals surface area contributed by atoms with E-state index in [4.69, 9.17) is 19.7 Å². The number of hydrogen-bond donors (Lipinski definition) is 3. The first kappa shape index (κ1) is 44.9. The van der Waals surface area contributed by atoms with Gasteiger partial charge in [-0.1, -0.05) is 25.1 Å². The zero-order valence-electron chi connectivity index (χ0n) is 40.6. The van der Waals surface area contributed by atoms with E-state index in [2.05, 4.69) is 43.2 Å². The van der Waals surface area contributed by atoms with Gasteiger partial charge in [0.1, 0.15) is 28.8 Å². The third-order valence-electron chi connectivity index (χ3n) is 17.9. The number of phenolic OH excluding ortho intramolecular Hbond substituents is 1. The van der Waals surface area contributed by atoms with Crippen molar-refractivity contribution in [3.8, 4) is 23.0 Å². The highest BCUT2D eigenvalue weighted by Crippen LogP contribution is 2.49. The second kappa shape index (κ2) is 17.4. The van der Waals surface area contributed by atoms with Gasteiger partial charge >= 0.3 is 6.01 Å². The van der Waals surface area contributed by atoms with Crippen LogP contribution < -0.4 is 25.2 Å². The Hall–Kier alpha value is -5.97. The fourth-order valence-electron chi connectivity index (χ4n) is 13.4. The van der Waals surface area contributed by atoms with Crippen LogP contribution in [0.15, 0.2) is 54.7 Å². The molecule has 13 rings (SSSR count). The molecule has 9 heterocycles. The van der Waals surface area contributed by atoms with Crippen LogP contribution in [-0.2, 0) is 22.6 Å². The van der Waals surface area contributed by atoms with Crippen molar-refractivity contribution in [1.29, 1.82) is 0 Å². The van der Waals surface area contributed by atoms with Gasteiger partial charge in [0.15, 0.2) is 5.82 Å². The van der Waals surface area contributed by atoms with E-state index in [1.54, 1.807) is 23.2 Å². The van der Waals surface area contributed by atoms with Crippen molar-refractivity contribution in [2.45, 2.75) is 108 Å². The molecule has 0 radical (unpaired) electrons. The van der Waals surface area contributed by atoms with Gasteiger partial charge in [0.2, 0.25) is 11.8 Å². The van der Waals surface area contributed by atoms with E-state index in [0.717, 1.165) is 119 Å². The third kappa shape index (κ3) is 8.13. The van der Waals surface area contributed by atoms with Crippen LogP contribution in [0.1, 0.15) is 92.6 Å². The lowest BCUT2D eigenvalue weighted by molar-refractivity contribution is -0.136. The highest BCUT2D eigenvalue weighted by Gasteiger charge is 2.48. The summed E-state index contributed by atoms with van der Waals surface area (Å²) in [7, 11) is 0. The number of amides is 3. The summed E-state index contributed by atoms with van der Waals surface area (Å²) in [4.78, 5) is 63.7. The fraction of sp³-hybridized carbons (Fsp3) is 0.527. The number of rotatable bonds is 11. The minimum Gasteiger partial charge on any atom is -0.508 e. The average Bonchev–Trinajstić information content (AvgIpc) is 3.94. The van der Waals surface area contributed by atoms with Gasteiger partial charge in [-0.15, -0.1) is 0 Å². The van der Waals surface area contributed by atoms with E-state index in [1.165, 1.54) is 25.7 Å². The van der Waals surface area contributed by atoms with E-state index >= 15 is 4.39 Å². The lowest BCUT2D eigenvalue weighted by Crippen LogP contribution is -2.62. The van der Waals surface area contributed by atoms with Crippen LogP contribution in [0.2, 0.25) is 0 Å². The number of phenols is 1. The van der Waals surface area contributed by atoms with E-state index < -0.39 is 11.9 Å². The first-order valence-corrected chi connectivity index (χ1v) is 26.2. The highest BCUT2D eigenvalue weighted by atomic mass is 19.1. The zero-order chi connectivity index (χ0) is 48.2. The summed E-state index contributed by atoms with van der Waals surface area (Å²) in [6.45, 7) is 11.9. The molecule has 16 heteroatoms. The summed E-state index contributed by atoms with van der Waals surface area (Å²) >= 11 is 0. The Balaban J connectivity index is 0.639. The maximum Gasteiger partial charge on any atom is 0.319 e. The monoisotopic (exact) mass is 962 g/mol. The van der Waals surface area contributed by atoms with Gasteiger partial charge in [0.25, 0.3) is 5.91 Å². The maximum atomic E-state index is 17.2. The Kier molecular flexibility index (Phi) is 11.0. The van der Waals surface area contributed by atoms with Crippen LogP contribution in [0.25, 0.3) is 32.9 Å². The standard InChI is InChI=1S/C55H63FN10O5/c1-2-33-4-3-5-34-23-40(67)24-42(46(33)34)48-47(56)49-43(25-57-48)50(65-27-36-6-7-37(28-65)58-36)61-53(60-49)71-32-55(12-13-55)31-62-18-14-54(15-19-62)16-20-63(21-17-54)39-29-64(30-39)38-8-9-41-35(22-38)26-66(52(41)70)44-10-11-45(68)59-51(44)69/h3-5,8-9,22-25,36-37,39,44,58,67H,2,6-7,10-21,26-32H2,1H3,(H,59,68,69). The van der Waals surface area contributed by atoms with Gasteiger partial charge in [-0.3, -0.25) is 29.6 Å². The van der Waals surface area contributed by atoms with Gasteiger partial charge in [0.05, 0.1) is 12.0 Å². The van der Waals surface area contributed by atoms with Crippen LogP contribution >= 0.6 is 0 Å². The van der Waals surface area contributed by atoms with Gasteiger partial charge < -0.3 is 34.8 Å². The third-order valence-corrected chi connectivity index (χ3v) is 17.9. The van der Waals surface area contributed by atoms with E-state index in [-0.39, 0.29) is 52.5 Å². The smallest absolute Gasteiger partial charge is 0.319 e. The fourth-order valence-corrected chi connectivity index (χ4v) is 13.4. The summed E-state index contributed by atoms with van der Waals surface area (Å²) in [5, 5.41) is 19.2. The number of piperazine rings is 1. The van der Waals surface area contributed by atoms with Crippen LogP contribution in [0.5, 0.6) is 11.8 Å². The molecule has 2 aromatic heterocycles. The van der Waals surface area contributed by atoms with Crippen molar-refractivity contribution in [1.82, 2.24) is 40.3 Å². The Morgan fingerprint density at radius 1 is 0.859 bits per heavy atom. The number of piperidine rings is 3. The number of imide groups is 1. The molecular formula is C55H63FN10O5. The Morgan fingerprint density at radius 3 is 2.38 bits per heavy atom. The largest absolute Gasteiger partial charge is 0.508 e. The number of hydrogen-bond acceptors (Lipinski definition) is 13. The number of carbonyl (C=O) groups is 3. The Labute approximate surface area is 413 Å². The zero-order valence-corrected chi connectivity index (χ0v) is 40.6. The molecule has 7 fully saturated rings. The summed E-state index contributed by atoms with van der Waals surface area (Å²) in [6, 6.07) is 16.2. The number of anilines is 2. The molecule has 6 saturated heterocycles. The van der Waals surface area contributed by atoms with Gasteiger partial charge in [-0.05, 0) is 148 Å². The predicted octanol–water partition coefficient (Wildman–Crippen LogP) is 6.18. The summed E-state index contributed by atoms with van der Waals surface area (Å²) in [5.74, 6) is -0.588. The first-order chi connectivity index (χ1) is 34.5. The molecule has 1 aliphatic carbocycles. The number of pyridine rings is 1. The minimum absolute atomic E-state index is 0.0247. The van der Waals surface area contributed by atoms with Gasteiger partial charge in [0, 0.05) is 92.2 Å². The highest BCUT2D eigenvalue weighted by molar-refractivity contribution is 6.06. The van der Waals surface area contributed by atoms with Crippen LogP contribution in [-0.4, -0.2) is 142 Å². The number of aromatic nitrogens is 3. The van der Waals surface area contributed by atoms with E-state index in [0.29, 0.717) is 65.4 Å². The van der Waals surface area contributed by atoms with Gasteiger partial charge in [-0.2, -0.15) is 9.97 Å². The second-order valence-corrected chi connectivity index (χ2v) is 22.3. The van der Waals surface area contributed by atoms with Crippen LogP contribution in [0, 0.1) is 16.6 Å². The summed E-state index contributed by atoms with van der Waals surface area (Å²) in [6.07, 6.45) is 12.4. The molecule has 2 bridgehead atoms. The average molecular weight is 963 g/mol. The molecule has 3 atom stereocenters. The van der Waals surface area contributed by atoms with Crippen molar-refractivity contribution >= 4 is 50.9 Å². The number of likely N-dealkylation sites (tertiary alicyclic amines) is 2. The normalized spacial score (nSPS) is 25.3. The number of carbonyl (C=O) groups excluding carboxylic acids is 3. The topological polar surface area (TPSA) is 160 Å². The lowest BCUT2D eigenvalue weighted by Gasteiger charge is -2.52. The number of benzene rings is 3. The molecule has 5 aromatic rings. The molecule has 8 aliphatic rings. The van der Waals surface area contributed by atoms with Crippen molar-refractivity contribution in [3.05, 3.63) is 77.2 Å². The SMILES string of the molecule is CCc1cccc2cc(O)cc(-c3ncc4c(N5CC6CCC(C5)N6)nc(OCC5(CN6CCC7(CC6)CCN(C6CN(c8ccc9c(c8)CN(C8CCC(=O)NC8=O)C9=O)C6)CC7)CC5)nc4c3F)c12. The maximum absolute atomic E-state index is 17.2. The van der Waals surface area contributed by atoms with Crippen molar-refractivity contribution in [2.75, 3.05) is 75.3 Å². The molecule has 3 unspecified atom stereocenters. The van der Waals surface area contributed by atoms with Crippen molar-refractivity contribution < 1.29 is 28.6 Å². The quantitative estimate of drug-likeness (QED) is 0.129. The number of aromatic hydroxyl groups is 1. The minimum atomic E-state index is -0.600. The molecule has 3 aromatic carbocycles. The molecule has 3 amide bonds. The van der Waals surface area contributed by atoms with Crippen molar-refractivity contribution in [3.63, 3.8) is 0 Å². The Bertz CT molecular complexity index is 2970. The summed E-state index contributed by atoms with van der Waals surface area (Å²) < 4.78 is 23.8. The molecule has 7 aliphatic heterocycles. The molecular weight excluding hydrogens is 900 g/mol. The number of aryl methyl sites for hydroxylation is 1. The number of ether oxygens (including phenoxy) is 1. The predicted molar refractivity (Wildman–Crippen MR) is 268 cm³/mol. The molecule has 1 spiro atoms. The number of fused-ring (bicyclic) bond motifs is 5. The van der Waals surface area contributed by atoms with Crippen molar-refractivity contribution in [2.24, 2.45) is 10.8 Å². The number of halogens is 1. The number of nitrogens with one attached hydrogen (secondary N) is 2. The molecule has 3 N–H and O–H groups in total. The molecule has 71 heavy (non-hydrogen) atoms. The first-order valence-electron chi connectivity index (χ1n) is 26.2. The van der Waals surface area contributed by atoms with E-state index in [1.807, 2.05) is 30.3 Å². The van der Waals surface area contributed by atoms with Crippen LogP contribution in [0.4, 0.5) is 15.9 Å². The van der Waals surface area contributed by atoms with E-state index in [9.17, 15) is 19.5 Å². The van der Waals surface area contributed by atoms with Gasteiger partial charge in [-0.25, -0.2) is 4.39 Å². The summed E-state index contributed by atoms with van der Waals surface area (Å²) in [5.41, 5.74) is 5.11. The van der Waals surface area contributed by atoms with Crippen LogP contribution in [0.3, 0.4) is 0 Å².